The van der Waals surface area contributed by atoms with Gasteiger partial charge in [0.15, 0.2) is 0 Å². The number of hydrogen-bond acceptors (Lipinski definition) is 1. The maximum absolute atomic E-state index is 4.37. The van der Waals surface area contributed by atoms with Crippen molar-refractivity contribution in [1.29, 1.82) is 0 Å². The molecule has 0 aliphatic rings. The van der Waals surface area contributed by atoms with E-state index in [1.807, 2.05) is 42.5 Å². The summed E-state index contributed by atoms with van der Waals surface area (Å²) < 4.78 is 0. The van der Waals surface area contributed by atoms with Crippen LogP contribution in [0, 0.1) is 18.3 Å². The molecule has 0 N–H and O–H groups in total. The van der Waals surface area contributed by atoms with Crippen LogP contribution >= 0.6 is 0 Å². The molecule has 0 saturated carbocycles. The van der Waals surface area contributed by atoms with E-state index in [1.54, 1.807) is 0 Å². The largest absolute Gasteiger partial charge is 1.00 e. The number of nitrogens with zero attached hydrogens (tertiary/aromatic N) is 1. The molecule has 1 aromatic heterocycles. The molecule has 0 aliphatic carbocycles. The molecular formula is C22H14NRbY-2. The Morgan fingerprint density at radius 1 is 0.840 bits per heavy atom. The molecule has 4 aromatic rings. The molecule has 1 radical (unpaired) electrons. The van der Waals surface area contributed by atoms with Crippen LogP contribution < -0.4 is 58.2 Å². The Bertz CT molecular complexity index is 940. The topological polar surface area (TPSA) is 12.9 Å². The molecule has 25 heavy (non-hydrogen) atoms. The maximum atomic E-state index is 4.37. The average Bonchev–Trinajstić information content (AvgIpc) is 2.63. The standard InChI is InChI=1S/C22H14N.Rb.Y/c1-3-7-17(8-4-1)15-18-11-12-22-21(16-18)20(13-14-23-22)19-9-5-2-6-10-19;;/h1-3,5,7-13,16H,15H2;;/q-3;+1;. The zero-order valence-corrected chi connectivity index (χ0v) is 21.9. The second kappa shape index (κ2) is 10.3. The van der Waals surface area contributed by atoms with E-state index in [-0.39, 0.29) is 90.9 Å². The molecule has 3 aromatic carbocycles. The van der Waals surface area contributed by atoms with E-state index in [4.69, 9.17) is 0 Å². The van der Waals surface area contributed by atoms with Crippen molar-refractivity contribution in [2.45, 2.75) is 6.42 Å². The van der Waals surface area contributed by atoms with Crippen LogP contribution in [-0.4, -0.2) is 4.98 Å². The van der Waals surface area contributed by atoms with Gasteiger partial charge in [-0.2, -0.15) is 83.4 Å². The van der Waals surface area contributed by atoms with Crippen molar-refractivity contribution >= 4 is 10.9 Å². The zero-order valence-electron chi connectivity index (χ0n) is 14.2. The van der Waals surface area contributed by atoms with Crippen LogP contribution in [0.5, 0.6) is 0 Å². The fraction of sp³-hybridized carbons (Fsp3) is 0.0455. The third kappa shape index (κ3) is 5.25. The number of fused-ring (bicyclic) bond motifs is 1. The molecule has 0 atom stereocenters. The summed E-state index contributed by atoms with van der Waals surface area (Å²) in [5, 5.41) is 1.15. The van der Waals surface area contributed by atoms with Gasteiger partial charge in [0.05, 0.1) is 0 Å². The third-order valence-corrected chi connectivity index (χ3v) is 3.94. The molecule has 113 valence electrons. The van der Waals surface area contributed by atoms with Crippen molar-refractivity contribution in [3.63, 3.8) is 0 Å². The summed E-state index contributed by atoms with van der Waals surface area (Å²) in [5.41, 5.74) is 5.78. The number of benzene rings is 3. The average molecular weight is 467 g/mol. The fourth-order valence-electron chi connectivity index (χ4n) is 2.83. The molecule has 0 unspecified atom stereocenters. The van der Waals surface area contributed by atoms with Crippen molar-refractivity contribution in [3.05, 3.63) is 102 Å². The molecule has 0 saturated heterocycles. The van der Waals surface area contributed by atoms with E-state index in [0.717, 1.165) is 28.5 Å². The second-order valence-electron chi connectivity index (χ2n) is 5.53. The van der Waals surface area contributed by atoms with Gasteiger partial charge in [0, 0.05) is 32.7 Å². The molecule has 0 amide bonds. The summed E-state index contributed by atoms with van der Waals surface area (Å²) in [4.78, 5) is 4.37. The predicted octanol–water partition coefficient (Wildman–Crippen LogP) is 1.89. The first-order chi connectivity index (χ1) is 11.4. The van der Waals surface area contributed by atoms with Crippen LogP contribution in [0.2, 0.25) is 0 Å². The Morgan fingerprint density at radius 2 is 1.64 bits per heavy atom. The van der Waals surface area contributed by atoms with Gasteiger partial charge in [0.1, 0.15) is 0 Å². The number of rotatable bonds is 3. The van der Waals surface area contributed by atoms with Crippen LogP contribution in [0.15, 0.2) is 72.8 Å². The van der Waals surface area contributed by atoms with Gasteiger partial charge in [0.25, 0.3) is 0 Å². The quantitative estimate of drug-likeness (QED) is 0.420. The minimum atomic E-state index is 0. The molecule has 3 heteroatoms. The molecule has 0 spiro atoms. The smallest absolute Gasteiger partial charge is 0.386 e. The van der Waals surface area contributed by atoms with Crippen LogP contribution in [0.25, 0.3) is 22.0 Å². The van der Waals surface area contributed by atoms with E-state index in [1.165, 1.54) is 11.1 Å². The van der Waals surface area contributed by atoms with Gasteiger partial charge in [-0.1, -0.05) is 30.0 Å². The fourth-order valence-corrected chi connectivity index (χ4v) is 2.83. The monoisotopic (exact) mass is 466 g/mol. The molecule has 4 rings (SSSR count). The number of pyridine rings is 1. The van der Waals surface area contributed by atoms with Gasteiger partial charge in [0.2, 0.25) is 0 Å². The summed E-state index contributed by atoms with van der Waals surface area (Å²) >= 11 is 0. The number of hydrogen-bond donors (Lipinski definition) is 0. The molecule has 1 heterocycles. The first kappa shape index (κ1) is 21.3. The van der Waals surface area contributed by atoms with E-state index in [0.29, 0.717) is 0 Å². The van der Waals surface area contributed by atoms with Crippen LogP contribution in [-0.2, 0) is 39.1 Å². The van der Waals surface area contributed by atoms with Gasteiger partial charge in [-0.05, 0) is 11.9 Å². The Hall–Kier alpha value is -0.0209. The molecule has 0 fully saturated rings. The minimum absolute atomic E-state index is 0. The van der Waals surface area contributed by atoms with Crippen LogP contribution in [0.3, 0.4) is 0 Å². The van der Waals surface area contributed by atoms with E-state index < -0.39 is 0 Å². The van der Waals surface area contributed by atoms with Gasteiger partial charge < -0.3 is 4.98 Å². The van der Waals surface area contributed by atoms with E-state index in [2.05, 4.69) is 53.6 Å². The summed E-state index contributed by atoms with van der Waals surface area (Å²) in [5.74, 6) is 0. The minimum Gasteiger partial charge on any atom is -0.386 e. The van der Waals surface area contributed by atoms with Crippen LogP contribution in [0.1, 0.15) is 11.1 Å². The Kier molecular flexibility index (Phi) is 8.81. The molecule has 0 bridgehead atoms. The van der Waals surface area contributed by atoms with Crippen molar-refractivity contribution in [3.8, 4) is 11.1 Å². The molecule has 1 nitrogen and oxygen atoms in total. The van der Waals surface area contributed by atoms with Crippen molar-refractivity contribution in [2.75, 3.05) is 0 Å². The SMILES string of the molecule is [Rb+].[Y].[c-]1cccc(Cc2ccc3n[c-]cc(-c4c[c-]ccc4)c3c2)c1. The first-order valence-electron chi connectivity index (χ1n) is 7.61. The summed E-state index contributed by atoms with van der Waals surface area (Å²) in [6.45, 7) is 0. The normalized spacial score (nSPS) is 9.92. The second-order valence-corrected chi connectivity index (χ2v) is 5.53. The van der Waals surface area contributed by atoms with Gasteiger partial charge >= 0.3 is 58.2 Å². The Balaban J connectivity index is 0.00000113. The predicted molar refractivity (Wildman–Crippen MR) is 92.9 cm³/mol. The maximum Gasteiger partial charge on any atom is 1.00 e. The summed E-state index contributed by atoms with van der Waals surface area (Å²) in [7, 11) is 0. The van der Waals surface area contributed by atoms with Gasteiger partial charge in [-0.3, -0.25) is 0 Å². The van der Waals surface area contributed by atoms with Crippen molar-refractivity contribution in [2.24, 2.45) is 0 Å². The van der Waals surface area contributed by atoms with Gasteiger partial charge in [-0.25, -0.2) is 0 Å². The first-order valence-corrected chi connectivity index (χ1v) is 7.61. The van der Waals surface area contributed by atoms with Crippen LogP contribution in [0.4, 0.5) is 0 Å². The Morgan fingerprint density at radius 3 is 2.36 bits per heavy atom. The Labute approximate surface area is 222 Å². The van der Waals surface area contributed by atoms with E-state index in [9.17, 15) is 0 Å². The van der Waals surface area contributed by atoms with Crippen molar-refractivity contribution in [1.82, 2.24) is 4.98 Å². The molecular weight excluding hydrogens is 453 g/mol. The van der Waals surface area contributed by atoms with E-state index >= 15 is 0 Å². The summed E-state index contributed by atoms with van der Waals surface area (Å²) in [6.07, 6.45) is 3.90. The summed E-state index contributed by atoms with van der Waals surface area (Å²) in [6, 6.07) is 30.8. The third-order valence-electron chi connectivity index (χ3n) is 3.94. The zero-order chi connectivity index (χ0) is 15.5. The van der Waals surface area contributed by atoms with Crippen molar-refractivity contribution < 1.29 is 90.9 Å². The van der Waals surface area contributed by atoms with Gasteiger partial charge in [-0.15, -0.1) is 5.39 Å². The number of aromatic nitrogens is 1. The molecule has 0 aliphatic heterocycles.